The van der Waals surface area contributed by atoms with Crippen molar-refractivity contribution >= 4 is 45.2 Å². The molecule has 1 atom stereocenters. The summed E-state index contributed by atoms with van der Waals surface area (Å²) in [5, 5.41) is 8.87. The van der Waals surface area contributed by atoms with E-state index in [1.807, 2.05) is 48.7 Å². The van der Waals surface area contributed by atoms with Gasteiger partial charge in [0.05, 0.1) is 24.5 Å². The molecule has 10 nitrogen and oxygen atoms in total. The van der Waals surface area contributed by atoms with E-state index in [-0.39, 0.29) is 11.8 Å². The van der Waals surface area contributed by atoms with Crippen LogP contribution in [0, 0.1) is 0 Å². The van der Waals surface area contributed by atoms with Crippen LogP contribution in [-0.4, -0.2) is 63.2 Å². The quantitative estimate of drug-likeness (QED) is 0.194. The van der Waals surface area contributed by atoms with Crippen molar-refractivity contribution in [1.29, 1.82) is 0 Å². The number of imidazole rings is 1. The van der Waals surface area contributed by atoms with Gasteiger partial charge in [0.2, 0.25) is 17.7 Å². The number of rotatable bonds is 8. The lowest BCUT2D eigenvalue weighted by Crippen LogP contribution is -2.55. The third-order valence-corrected chi connectivity index (χ3v) is 6.73. The summed E-state index contributed by atoms with van der Waals surface area (Å²) in [5.41, 5.74) is 7.74. The van der Waals surface area contributed by atoms with Crippen LogP contribution in [-0.2, 0) is 27.2 Å². The highest BCUT2D eigenvalue weighted by molar-refractivity contribution is 5.98. The maximum Gasteiger partial charge on any atom is 0.248 e. The molecule has 0 aliphatic rings. The van der Waals surface area contributed by atoms with Gasteiger partial charge in [0.25, 0.3) is 0 Å². The molecule has 0 saturated carbocycles. The summed E-state index contributed by atoms with van der Waals surface area (Å²) in [7, 11) is 3.56. The highest BCUT2D eigenvalue weighted by Crippen LogP contribution is 2.20. The van der Waals surface area contributed by atoms with Crippen LogP contribution in [0.15, 0.2) is 85.5 Å². The molecule has 10 heteroatoms. The topological polar surface area (TPSA) is 149 Å². The fraction of sp³-hybridized carbons (Fsp3) is 0.250. The Morgan fingerprint density at radius 1 is 0.976 bits per heavy atom. The first-order chi connectivity index (χ1) is 20.0. The molecule has 1 unspecified atom stereocenters. The molecule has 3 aromatic carbocycles. The molecule has 2 heterocycles. The van der Waals surface area contributed by atoms with Gasteiger partial charge in [0.15, 0.2) is 0 Å². The average molecular weight is 568 g/mol. The van der Waals surface area contributed by atoms with Crippen LogP contribution >= 0.6 is 0 Å². The number of nitrogens with zero attached hydrogens (tertiary/aromatic N) is 2. The number of anilines is 1. The van der Waals surface area contributed by atoms with Crippen LogP contribution < -0.4 is 16.4 Å². The minimum absolute atomic E-state index is 0.135. The summed E-state index contributed by atoms with van der Waals surface area (Å²) < 4.78 is 0. The maximum absolute atomic E-state index is 12.7. The molecular formula is C32H37N7O3. The largest absolute Gasteiger partial charge is 0.361 e. The zero-order valence-corrected chi connectivity index (χ0v) is 24.3. The van der Waals surface area contributed by atoms with Crippen LogP contribution in [0.1, 0.15) is 25.0 Å². The Morgan fingerprint density at radius 2 is 1.69 bits per heavy atom. The van der Waals surface area contributed by atoms with E-state index in [9.17, 15) is 14.4 Å². The maximum atomic E-state index is 12.7. The molecule has 0 aliphatic heterocycles. The highest BCUT2D eigenvalue weighted by atomic mass is 16.2. The average Bonchev–Trinajstić information content (AvgIpc) is 3.62. The number of likely N-dealkylation sites (N-methyl/N-ethyl adjacent to an activating group) is 1. The van der Waals surface area contributed by atoms with E-state index in [1.165, 1.54) is 23.3 Å². The molecule has 5 aromatic rings. The Balaban J connectivity index is 0.000000216. The predicted octanol–water partition coefficient (Wildman–Crippen LogP) is 3.76. The van der Waals surface area contributed by atoms with Crippen molar-refractivity contribution in [1.82, 2.24) is 25.2 Å². The van der Waals surface area contributed by atoms with Gasteiger partial charge in [-0.3, -0.25) is 14.4 Å². The fourth-order valence-corrected chi connectivity index (χ4v) is 4.30. The Hall–Kier alpha value is -4.96. The van der Waals surface area contributed by atoms with E-state index in [0.29, 0.717) is 18.7 Å². The lowest BCUT2D eigenvalue weighted by molar-refractivity contribution is -0.129. The van der Waals surface area contributed by atoms with Gasteiger partial charge in [-0.05, 0) is 41.8 Å². The van der Waals surface area contributed by atoms with Crippen LogP contribution in [0.3, 0.4) is 0 Å². The molecule has 0 bridgehead atoms. The number of carbonyl (C=O) groups excluding carboxylic acids is 3. The normalized spacial score (nSPS) is 11.8. The third-order valence-electron chi connectivity index (χ3n) is 6.73. The molecule has 3 amide bonds. The Labute approximate surface area is 244 Å². The summed E-state index contributed by atoms with van der Waals surface area (Å²) >= 11 is 0. The van der Waals surface area contributed by atoms with E-state index < -0.39 is 17.5 Å². The van der Waals surface area contributed by atoms with Crippen molar-refractivity contribution in [3.8, 4) is 0 Å². The molecular weight excluding hydrogens is 530 g/mol. The van der Waals surface area contributed by atoms with E-state index in [1.54, 1.807) is 32.8 Å². The lowest BCUT2D eigenvalue weighted by atomic mass is 10.0. The van der Waals surface area contributed by atoms with Crippen molar-refractivity contribution in [3.63, 3.8) is 0 Å². The van der Waals surface area contributed by atoms with Crippen molar-refractivity contribution in [2.75, 3.05) is 19.4 Å². The molecule has 2 aromatic heterocycles. The SMILES string of the molecule is CC(C)(N)C(=O)NC(Cc1c[nH]c2ccccc12)C(=O)Nc1cnc[nH]1.CN(C)C(=O)Cc1ccc2ccccc2c1. The molecule has 0 radical (unpaired) electrons. The second-order valence-electron chi connectivity index (χ2n) is 10.9. The summed E-state index contributed by atoms with van der Waals surface area (Å²) in [5.74, 6) is -0.158. The molecule has 218 valence electrons. The van der Waals surface area contributed by atoms with Crippen LogP contribution in [0.4, 0.5) is 5.82 Å². The van der Waals surface area contributed by atoms with E-state index >= 15 is 0 Å². The molecule has 6 N–H and O–H groups in total. The molecule has 0 saturated heterocycles. The zero-order valence-electron chi connectivity index (χ0n) is 24.3. The number of fused-ring (bicyclic) bond motifs is 2. The number of benzene rings is 3. The van der Waals surface area contributed by atoms with Crippen molar-refractivity contribution in [3.05, 3.63) is 96.6 Å². The summed E-state index contributed by atoms with van der Waals surface area (Å²) in [4.78, 5) is 48.1. The van der Waals surface area contributed by atoms with Gasteiger partial charge in [-0.15, -0.1) is 0 Å². The first-order valence-corrected chi connectivity index (χ1v) is 13.6. The van der Waals surface area contributed by atoms with Crippen LogP contribution in [0.5, 0.6) is 0 Å². The van der Waals surface area contributed by atoms with Gasteiger partial charge in [-0.1, -0.05) is 60.7 Å². The number of hydrogen-bond acceptors (Lipinski definition) is 5. The second kappa shape index (κ2) is 13.1. The molecule has 42 heavy (non-hydrogen) atoms. The van der Waals surface area contributed by atoms with Crippen molar-refractivity contribution in [2.24, 2.45) is 5.73 Å². The monoisotopic (exact) mass is 567 g/mol. The summed E-state index contributed by atoms with van der Waals surface area (Å²) in [6, 6.07) is 21.4. The number of aromatic nitrogens is 3. The van der Waals surface area contributed by atoms with Crippen LogP contribution in [0.2, 0.25) is 0 Å². The molecule has 0 fully saturated rings. The minimum Gasteiger partial charge on any atom is -0.361 e. The summed E-state index contributed by atoms with van der Waals surface area (Å²) in [6.45, 7) is 3.19. The Morgan fingerprint density at radius 3 is 2.38 bits per heavy atom. The second-order valence-corrected chi connectivity index (χ2v) is 10.9. The lowest BCUT2D eigenvalue weighted by Gasteiger charge is -2.23. The van der Waals surface area contributed by atoms with Gasteiger partial charge < -0.3 is 31.2 Å². The van der Waals surface area contributed by atoms with Crippen molar-refractivity contribution < 1.29 is 14.4 Å². The van der Waals surface area contributed by atoms with Gasteiger partial charge in [0, 0.05) is 37.6 Å². The minimum atomic E-state index is -1.09. The molecule has 0 aliphatic carbocycles. The van der Waals surface area contributed by atoms with E-state index in [4.69, 9.17) is 5.73 Å². The Bertz CT molecular complexity index is 1670. The number of amides is 3. The number of carbonyl (C=O) groups is 3. The van der Waals surface area contributed by atoms with Gasteiger partial charge in [-0.2, -0.15) is 0 Å². The Kier molecular flexibility index (Phi) is 9.39. The number of H-pyrrole nitrogens is 2. The fourth-order valence-electron chi connectivity index (χ4n) is 4.30. The predicted molar refractivity (Wildman–Crippen MR) is 166 cm³/mol. The number of aromatic amines is 2. The first-order valence-electron chi connectivity index (χ1n) is 13.6. The zero-order chi connectivity index (χ0) is 30.3. The number of nitrogens with one attached hydrogen (secondary N) is 4. The van der Waals surface area contributed by atoms with E-state index in [0.717, 1.165) is 22.0 Å². The smallest absolute Gasteiger partial charge is 0.248 e. The first kappa shape index (κ1) is 30.0. The molecule has 5 rings (SSSR count). The van der Waals surface area contributed by atoms with E-state index in [2.05, 4.69) is 49.9 Å². The number of para-hydroxylation sites is 1. The highest BCUT2D eigenvalue weighted by Gasteiger charge is 2.29. The number of hydrogen-bond donors (Lipinski definition) is 5. The van der Waals surface area contributed by atoms with Gasteiger partial charge in [0.1, 0.15) is 11.9 Å². The van der Waals surface area contributed by atoms with Gasteiger partial charge in [-0.25, -0.2) is 4.98 Å². The molecule has 0 spiro atoms. The third kappa shape index (κ3) is 7.82. The van der Waals surface area contributed by atoms with Crippen molar-refractivity contribution in [2.45, 2.75) is 38.3 Å². The standard InChI is InChI=1S/C18H22N6O2.C14H15NO/c1-18(2,19)17(26)23-14(16(25)24-15-9-20-10-22-15)7-11-8-21-13-6-4-3-5-12(11)13;1-15(2)14(16)10-11-7-8-12-5-3-4-6-13(12)9-11/h3-6,8-10,14,21H,7,19H2,1-2H3,(H,20,22)(H,23,26)(H,24,25);3-9H,10H2,1-2H3. The van der Waals surface area contributed by atoms with Crippen LogP contribution in [0.25, 0.3) is 21.7 Å². The number of nitrogens with two attached hydrogens (primary N) is 1. The van der Waals surface area contributed by atoms with Gasteiger partial charge >= 0.3 is 0 Å². The summed E-state index contributed by atoms with van der Waals surface area (Å²) in [6.07, 6.45) is 5.60.